The van der Waals surface area contributed by atoms with Gasteiger partial charge in [0, 0.05) is 5.69 Å². The Morgan fingerprint density at radius 2 is 1.71 bits per heavy atom. The third-order valence-corrected chi connectivity index (χ3v) is 7.23. The van der Waals surface area contributed by atoms with Crippen molar-refractivity contribution in [3.8, 4) is 5.75 Å². The number of rotatable bonds is 5. The fourth-order valence-electron chi connectivity index (χ4n) is 3.63. The van der Waals surface area contributed by atoms with E-state index < -0.39 is 28.0 Å². The Morgan fingerprint density at radius 3 is 2.41 bits per heavy atom. The van der Waals surface area contributed by atoms with Gasteiger partial charge in [-0.2, -0.15) is 0 Å². The van der Waals surface area contributed by atoms with E-state index in [1.54, 1.807) is 60.7 Å². The molecule has 176 valence electrons. The van der Waals surface area contributed by atoms with E-state index in [-0.39, 0.29) is 17.0 Å². The monoisotopic (exact) mass is 480 g/mol. The van der Waals surface area contributed by atoms with Crippen molar-refractivity contribution in [3.63, 3.8) is 0 Å². The molecule has 1 aliphatic rings. The number of ether oxygens (including phenoxy) is 2. The van der Waals surface area contributed by atoms with Gasteiger partial charge in [0.05, 0.1) is 29.8 Å². The number of hydrogen-bond acceptors (Lipinski definition) is 6. The van der Waals surface area contributed by atoms with Gasteiger partial charge in [-0.1, -0.05) is 29.8 Å². The molecule has 0 bridgehead atoms. The molecule has 1 atom stereocenters. The second-order valence-corrected chi connectivity index (χ2v) is 9.85. The minimum absolute atomic E-state index is 0.122. The third-order valence-electron chi connectivity index (χ3n) is 5.44. The van der Waals surface area contributed by atoms with E-state index >= 15 is 0 Å². The first-order chi connectivity index (χ1) is 16.2. The summed E-state index contributed by atoms with van der Waals surface area (Å²) in [5, 5.41) is 2.70. The van der Waals surface area contributed by atoms with Gasteiger partial charge in [-0.15, -0.1) is 0 Å². The molecule has 0 radical (unpaired) electrons. The molecule has 0 saturated heterocycles. The lowest BCUT2D eigenvalue weighted by Gasteiger charge is -2.35. The van der Waals surface area contributed by atoms with Crippen LogP contribution in [-0.4, -0.2) is 40.1 Å². The first-order valence-corrected chi connectivity index (χ1v) is 12.0. The number of methoxy groups -OCH3 is 1. The van der Waals surface area contributed by atoms with Crippen LogP contribution in [0.5, 0.6) is 5.75 Å². The number of benzene rings is 3. The summed E-state index contributed by atoms with van der Waals surface area (Å²) >= 11 is 0. The van der Waals surface area contributed by atoms with Crippen LogP contribution in [0.4, 0.5) is 11.4 Å². The van der Waals surface area contributed by atoms with Crippen molar-refractivity contribution in [2.75, 3.05) is 23.3 Å². The van der Waals surface area contributed by atoms with Gasteiger partial charge in [-0.05, 0) is 61.9 Å². The summed E-state index contributed by atoms with van der Waals surface area (Å²) in [7, 11) is -2.68. The molecule has 0 fully saturated rings. The molecule has 1 heterocycles. The van der Waals surface area contributed by atoms with Crippen molar-refractivity contribution in [2.45, 2.75) is 24.8 Å². The van der Waals surface area contributed by atoms with Gasteiger partial charge in [-0.25, -0.2) is 13.2 Å². The highest BCUT2D eigenvalue weighted by Crippen LogP contribution is 2.38. The third kappa shape index (κ3) is 4.60. The molecule has 3 aromatic carbocycles. The number of aryl methyl sites for hydroxylation is 2. The molecule has 0 saturated carbocycles. The van der Waals surface area contributed by atoms with Gasteiger partial charge in [0.2, 0.25) is 0 Å². The lowest BCUT2D eigenvalue weighted by atomic mass is 10.1. The maximum absolute atomic E-state index is 13.5. The maximum Gasteiger partial charge on any atom is 0.337 e. The smallest absolute Gasteiger partial charge is 0.337 e. The molecule has 0 aromatic heterocycles. The van der Waals surface area contributed by atoms with Crippen LogP contribution >= 0.6 is 0 Å². The Kier molecular flexibility index (Phi) is 6.30. The van der Waals surface area contributed by atoms with Crippen LogP contribution in [0.2, 0.25) is 0 Å². The SMILES string of the molecule is COC(=O)c1cccc(NC(=O)C2CN(S(=O)(=O)c3ccc(C)cc3)c3ccc(C)cc3O2)c1. The molecule has 1 N–H and O–H groups in total. The summed E-state index contributed by atoms with van der Waals surface area (Å²) in [6.45, 7) is 3.51. The predicted molar refractivity (Wildman–Crippen MR) is 128 cm³/mol. The largest absolute Gasteiger partial charge is 0.476 e. The Hall–Kier alpha value is -3.85. The van der Waals surface area contributed by atoms with Crippen molar-refractivity contribution in [1.29, 1.82) is 0 Å². The number of sulfonamides is 1. The number of nitrogens with one attached hydrogen (secondary N) is 1. The second kappa shape index (κ2) is 9.18. The summed E-state index contributed by atoms with van der Waals surface area (Å²) in [5.41, 5.74) is 2.79. The van der Waals surface area contributed by atoms with E-state index in [0.29, 0.717) is 17.1 Å². The number of fused-ring (bicyclic) bond motifs is 1. The average molecular weight is 481 g/mol. The van der Waals surface area contributed by atoms with Crippen molar-refractivity contribution >= 4 is 33.3 Å². The summed E-state index contributed by atoms with van der Waals surface area (Å²) in [6, 6.07) is 18.0. The van der Waals surface area contributed by atoms with Gasteiger partial charge in [0.1, 0.15) is 5.75 Å². The van der Waals surface area contributed by atoms with Crippen molar-refractivity contribution in [1.82, 2.24) is 0 Å². The van der Waals surface area contributed by atoms with Gasteiger partial charge in [-0.3, -0.25) is 9.10 Å². The van der Waals surface area contributed by atoms with Crippen LogP contribution < -0.4 is 14.4 Å². The molecule has 0 aliphatic carbocycles. The Bertz CT molecular complexity index is 1350. The second-order valence-electron chi connectivity index (χ2n) is 7.99. The van der Waals surface area contributed by atoms with Gasteiger partial charge >= 0.3 is 5.97 Å². The van der Waals surface area contributed by atoms with Crippen molar-refractivity contribution in [2.24, 2.45) is 0 Å². The molecule has 0 spiro atoms. The van der Waals surface area contributed by atoms with E-state index in [4.69, 9.17) is 9.47 Å². The Labute approximate surface area is 198 Å². The highest BCUT2D eigenvalue weighted by Gasteiger charge is 2.37. The molecule has 1 amide bonds. The zero-order chi connectivity index (χ0) is 24.5. The zero-order valence-corrected chi connectivity index (χ0v) is 19.8. The number of anilines is 2. The van der Waals surface area contributed by atoms with Gasteiger partial charge in [0.15, 0.2) is 6.10 Å². The lowest BCUT2D eigenvalue weighted by molar-refractivity contribution is -0.122. The van der Waals surface area contributed by atoms with Gasteiger partial charge < -0.3 is 14.8 Å². The number of esters is 1. The average Bonchev–Trinajstić information content (AvgIpc) is 2.83. The summed E-state index contributed by atoms with van der Waals surface area (Å²) in [5.74, 6) is -0.784. The molecule has 9 heteroatoms. The minimum atomic E-state index is -3.95. The lowest BCUT2D eigenvalue weighted by Crippen LogP contribution is -2.48. The molecule has 8 nitrogen and oxygen atoms in total. The number of nitrogens with zero attached hydrogens (tertiary/aromatic N) is 1. The van der Waals surface area contributed by atoms with Crippen LogP contribution in [-0.2, 0) is 19.6 Å². The molecule has 4 rings (SSSR count). The molecule has 1 unspecified atom stereocenters. The van der Waals surface area contributed by atoms with E-state index in [2.05, 4.69) is 5.32 Å². The number of carbonyl (C=O) groups is 2. The fourth-order valence-corrected chi connectivity index (χ4v) is 5.10. The Morgan fingerprint density at radius 1 is 1.00 bits per heavy atom. The number of hydrogen-bond donors (Lipinski definition) is 1. The number of carbonyl (C=O) groups excluding carboxylic acids is 2. The molecule has 34 heavy (non-hydrogen) atoms. The van der Waals surface area contributed by atoms with Crippen LogP contribution in [0.3, 0.4) is 0 Å². The van der Waals surface area contributed by atoms with Gasteiger partial charge in [0.25, 0.3) is 15.9 Å². The van der Waals surface area contributed by atoms with Crippen LogP contribution in [0.1, 0.15) is 21.5 Å². The predicted octanol–water partition coefficient (Wildman–Crippen LogP) is 3.69. The van der Waals surface area contributed by atoms with E-state index in [9.17, 15) is 18.0 Å². The normalized spacial score (nSPS) is 15.1. The quantitative estimate of drug-likeness (QED) is 0.559. The number of amides is 1. The molecule has 3 aromatic rings. The highest BCUT2D eigenvalue weighted by atomic mass is 32.2. The van der Waals surface area contributed by atoms with E-state index in [1.807, 2.05) is 13.8 Å². The van der Waals surface area contributed by atoms with Crippen LogP contribution in [0, 0.1) is 13.8 Å². The molecule has 1 aliphatic heterocycles. The first-order valence-electron chi connectivity index (χ1n) is 10.5. The highest BCUT2D eigenvalue weighted by molar-refractivity contribution is 7.92. The summed E-state index contributed by atoms with van der Waals surface area (Å²) in [6.07, 6.45) is -1.11. The Balaban J connectivity index is 1.66. The molecular weight excluding hydrogens is 456 g/mol. The first kappa shape index (κ1) is 23.3. The fraction of sp³-hybridized carbons (Fsp3) is 0.200. The van der Waals surface area contributed by atoms with Crippen molar-refractivity contribution in [3.05, 3.63) is 83.4 Å². The van der Waals surface area contributed by atoms with Crippen molar-refractivity contribution < 1.29 is 27.5 Å². The standard InChI is InChI=1S/C25H24N2O6S/c1-16-7-10-20(11-8-16)34(30,31)27-15-23(33-22-13-17(2)9-12-21(22)27)24(28)26-19-6-4-5-18(14-19)25(29)32-3/h4-14,23H,15H2,1-3H3,(H,26,28). The van der Waals surface area contributed by atoms with Crippen LogP contribution in [0.25, 0.3) is 0 Å². The zero-order valence-electron chi connectivity index (χ0n) is 18.9. The topological polar surface area (TPSA) is 102 Å². The minimum Gasteiger partial charge on any atom is -0.476 e. The van der Waals surface area contributed by atoms with E-state index in [0.717, 1.165) is 11.1 Å². The van der Waals surface area contributed by atoms with E-state index in [1.165, 1.54) is 17.5 Å². The van der Waals surface area contributed by atoms with Crippen LogP contribution in [0.15, 0.2) is 71.6 Å². The summed E-state index contributed by atoms with van der Waals surface area (Å²) in [4.78, 5) is 25.0. The maximum atomic E-state index is 13.5. The summed E-state index contributed by atoms with van der Waals surface area (Å²) < 4.78 is 38.9. The molecular formula is C25H24N2O6S.